The number of nitrogens with zero attached hydrogens (tertiary/aromatic N) is 5. The zero-order valence-corrected chi connectivity index (χ0v) is 23.3. The van der Waals surface area contributed by atoms with Crippen molar-refractivity contribution in [2.75, 3.05) is 47.8 Å². The quantitative estimate of drug-likeness (QED) is 0.279. The number of benzene rings is 2. The first-order chi connectivity index (χ1) is 20.0. The minimum atomic E-state index is -0.349. The number of rotatable bonds is 10. The van der Waals surface area contributed by atoms with E-state index >= 15 is 0 Å². The second-order valence-corrected chi connectivity index (χ2v) is 10.7. The number of nitrogens with one attached hydrogen (secondary N) is 2. The largest absolute Gasteiger partial charge is 0.448 e. The molecule has 0 unspecified atom stereocenters. The summed E-state index contributed by atoms with van der Waals surface area (Å²) in [5.41, 5.74) is 4.71. The van der Waals surface area contributed by atoms with Crippen molar-refractivity contribution in [3.63, 3.8) is 0 Å². The molecule has 2 fully saturated rings. The van der Waals surface area contributed by atoms with Gasteiger partial charge in [-0.3, -0.25) is 9.59 Å². The maximum absolute atomic E-state index is 13.2. The van der Waals surface area contributed by atoms with Crippen LogP contribution >= 0.6 is 0 Å². The van der Waals surface area contributed by atoms with Gasteiger partial charge in [-0.05, 0) is 56.0 Å². The molecule has 2 aromatic heterocycles. The standard InChI is InChI=1S/C31H35N7O3/c1-22-5-2-3-6-27(22)37-15-17-38(18-16-37)28-10-9-24(29(39)33-11-4-13-36-14-12-32-21-36)19-25(28)34-30(40)26-20-41-31(35-26)23-7-8-23/h2-3,5-6,9-10,12,14,19-21,23H,4,7-8,11,13,15-18H2,1H3,(H,33,39)(H,34,40). The van der Waals surface area contributed by atoms with E-state index in [0.29, 0.717) is 29.6 Å². The van der Waals surface area contributed by atoms with Gasteiger partial charge >= 0.3 is 0 Å². The number of aryl methyl sites for hydroxylation is 2. The Hall–Kier alpha value is -4.60. The fourth-order valence-corrected chi connectivity index (χ4v) is 5.24. The summed E-state index contributed by atoms with van der Waals surface area (Å²) in [6.07, 6.45) is 9.69. The van der Waals surface area contributed by atoms with Gasteiger partial charge in [0.05, 0.1) is 17.7 Å². The Bertz CT molecular complexity index is 1500. The van der Waals surface area contributed by atoms with Gasteiger partial charge in [0.25, 0.3) is 11.8 Å². The van der Waals surface area contributed by atoms with E-state index in [2.05, 4.69) is 61.6 Å². The Labute approximate surface area is 239 Å². The molecule has 0 spiro atoms. The number of oxazole rings is 1. The average Bonchev–Trinajstić information content (AvgIpc) is 3.48. The van der Waals surface area contributed by atoms with E-state index in [9.17, 15) is 9.59 Å². The first-order valence-electron chi connectivity index (χ1n) is 14.3. The summed E-state index contributed by atoms with van der Waals surface area (Å²) in [4.78, 5) is 39.3. The van der Waals surface area contributed by atoms with Crippen molar-refractivity contribution in [3.8, 4) is 0 Å². The number of amides is 2. The molecule has 3 heterocycles. The third kappa shape index (κ3) is 6.26. The molecular formula is C31H35N7O3. The van der Waals surface area contributed by atoms with E-state index in [0.717, 1.165) is 57.7 Å². The summed E-state index contributed by atoms with van der Waals surface area (Å²) < 4.78 is 7.52. The second kappa shape index (κ2) is 11.9. The van der Waals surface area contributed by atoms with Crippen molar-refractivity contribution in [3.05, 3.63) is 90.2 Å². The monoisotopic (exact) mass is 553 g/mol. The highest BCUT2D eigenvalue weighted by atomic mass is 16.3. The molecule has 10 nitrogen and oxygen atoms in total. The van der Waals surface area contributed by atoms with Crippen LogP contribution in [0.4, 0.5) is 17.1 Å². The van der Waals surface area contributed by atoms with Gasteiger partial charge in [0.15, 0.2) is 11.6 Å². The number of hydrogen-bond acceptors (Lipinski definition) is 7. The highest BCUT2D eigenvalue weighted by Gasteiger charge is 2.30. The van der Waals surface area contributed by atoms with Crippen molar-refractivity contribution in [1.29, 1.82) is 0 Å². The Morgan fingerprint density at radius 2 is 1.78 bits per heavy atom. The molecule has 212 valence electrons. The van der Waals surface area contributed by atoms with Gasteiger partial charge in [-0.15, -0.1) is 0 Å². The SMILES string of the molecule is Cc1ccccc1N1CCN(c2ccc(C(=O)NCCCn3ccnc3)cc2NC(=O)c2coc(C3CC3)n2)CC1. The first kappa shape index (κ1) is 26.6. The molecule has 0 bridgehead atoms. The molecule has 1 aliphatic carbocycles. The number of para-hydroxylation sites is 1. The fourth-order valence-electron chi connectivity index (χ4n) is 5.24. The van der Waals surface area contributed by atoms with Gasteiger partial charge < -0.3 is 29.4 Å². The van der Waals surface area contributed by atoms with Crippen LogP contribution in [0.25, 0.3) is 0 Å². The fraction of sp³-hybridized carbons (Fsp3) is 0.355. The summed E-state index contributed by atoms with van der Waals surface area (Å²) >= 11 is 0. The molecule has 6 rings (SSSR count). The van der Waals surface area contributed by atoms with E-state index in [-0.39, 0.29) is 17.5 Å². The minimum Gasteiger partial charge on any atom is -0.448 e. The third-order valence-corrected chi connectivity index (χ3v) is 7.70. The molecule has 1 saturated carbocycles. The van der Waals surface area contributed by atoms with Gasteiger partial charge in [0, 0.05) is 68.8 Å². The highest BCUT2D eigenvalue weighted by molar-refractivity contribution is 6.06. The average molecular weight is 554 g/mol. The molecular weight excluding hydrogens is 518 g/mol. The Kier molecular flexibility index (Phi) is 7.71. The van der Waals surface area contributed by atoms with Gasteiger partial charge in [-0.25, -0.2) is 9.97 Å². The van der Waals surface area contributed by atoms with Crippen LogP contribution in [-0.2, 0) is 6.54 Å². The number of piperazine rings is 1. The summed E-state index contributed by atoms with van der Waals surface area (Å²) in [5, 5.41) is 6.01. The van der Waals surface area contributed by atoms with E-state index < -0.39 is 0 Å². The lowest BCUT2D eigenvalue weighted by Gasteiger charge is -2.38. The molecule has 0 atom stereocenters. The minimum absolute atomic E-state index is 0.181. The lowest BCUT2D eigenvalue weighted by molar-refractivity contribution is 0.0951. The smallest absolute Gasteiger partial charge is 0.277 e. The van der Waals surface area contributed by atoms with E-state index in [1.807, 2.05) is 22.9 Å². The predicted molar refractivity (Wildman–Crippen MR) is 158 cm³/mol. The molecule has 1 aliphatic heterocycles. The molecule has 0 radical (unpaired) electrons. The van der Waals surface area contributed by atoms with Gasteiger partial charge in [0.2, 0.25) is 0 Å². The number of anilines is 3. The van der Waals surface area contributed by atoms with Crippen molar-refractivity contribution >= 4 is 28.9 Å². The van der Waals surface area contributed by atoms with Crippen molar-refractivity contribution in [2.24, 2.45) is 0 Å². The topological polar surface area (TPSA) is 109 Å². The van der Waals surface area contributed by atoms with Crippen LogP contribution in [0.3, 0.4) is 0 Å². The van der Waals surface area contributed by atoms with Crippen molar-refractivity contribution in [2.45, 2.75) is 38.6 Å². The lowest BCUT2D eigenvalue weighted by Crippen LogP contribution is -2.47. The van der Waals surface area contributed by atoms with Crippen LogP contribution < -0.4 is 20.4 Å². The van der Waals surface area contributed by atoms with Gasteiger partial charge in [-0.2, -0.15) is 0 Å². The summed E-state index contributed by atoms with van der Waals surface area (Å²) in [7, 11) is 0. The van der Waals surface area contributed by atoms with Crippen molar-refractivity contribution in [1.82, 2.24) is 19.9 Å². The van der Waals surface area contributed by atoms with Crippen LogP contribution in [0.15, 0.2) is 71.9 Å². The van der Waals surface area contributed by atoms with Crippen LogP contribution in [0.5, 0.6) is 0 Å². The number of imidazole rings is 1. The van der Waals surface area contributed by atoms with E-state index in [1.54, 1.807) is 18.6 Å². The van der Waals surface area contributed by atoms with E-state index in [4.69, 9.17) is 4.42 Å². The third-order valence-electron chi connectivity index (χ3n) is 7.70. The molecule has 2 N–H and O–H groups in total. The van der Waals surface area contributed by atoms with Crippen LogP contribution in [-0.4, -0.2) is 59.1 Å². The predicted octanol–water partition coefficient (Wildman–Crippen LogP) is 4.46. The first-order valence-corrected chi connectivity index (χ1v) is 14.3. The van der Waals surface area contributed by atoms with Crippen LogP contribution in [0.2, 0.25) is 0 Å². The lowest BCUT2D eigenvalue weighted by atomic mass is 10.1. The molecule has 4 aromatic rings. The number of aromatic nitrogens is 3. The van der Waals surface area contributed by atoms with Crippen LogP contribution in [0, 0.1) is 6.92 Å². The van der Waals surface area contributed by atoms with Crippen molar-refractivity contribution < 1.29 is 14.0 Å². The van der Waals surface area contributed by atoms with Gasteiger partial charge in [0.1, 0.15) is 6.26 Å². The number of carbonyl (C=O) groups is 2. The summed E-state index contributed by atoms with van der Waals surface area (Å²) in [6, 6.07) is 13.9. The molecule has 41 heavy (non-hydrogen) atoms. The summed E-state index contributed by atoms with van der Waals surface area (Å²) in [5.74, 6) is 0.404. The maximum atomic E-state index is 13.2. The molecule has 2 aliphatic rings. The molecule has 2 amide bonds. The normalized spacial score (nSPS) is 15.1. The zero-order valence-electron chi connectivity index (χ0n) is 23.3. The Morgan fingerprint density at radius 1 is 1.00 bits per heavy atom. The molecule has 2 aromatic carbocycles. The number of hydrogen-bond donors (Lipinski definition) is 2. The van der Waals surface area contributed by atoms with E-state index in [1.165, 1.54) is 17.5 Å². The van der Waals surface area contributed by atoms with Crippen LogP contribution in [0.1, 0.15) is 57.5 Å². The molecule has 10 heteroatoms. The summed E-state index contributed by atoms with van der Waals surface area (Å²) in [6.45, 7) is 6.71. The Balaban J connectivity index is 1.17. The second-order valence-electron chi connectivity index (χ2n) is 10.7. The zero-order chi connectivity index (χ0) is 28.2. The number of carbonyl (C=O) groups excluding carboxylic acids is 2. The van der Waals surface area contributed by atoms with Gasteiger partial charge in [-0.1, -0.05) is 18.2 Å². The highest BCUT2D eigenvalue weighted by Crippen LogP contribution is 2.39. The maximum Gasteiger partial charge on any atom is 0.277 e. The Morgan fingerprint density at radius 3 is 2.51 bits per heavy atom. The molecule has 1 saturated heterocycles.